The van der Waals surface area contributed by atoms with E-state index in [2.05, 4.69) is 11.7 Å². The number of hydrogen-bond acceptors (Lipinski definition) is 10. The van der Waals surface area contributed by atoms with E-state index in [1.165, 1.54) is 24.3 Å². The lowest BCUT2D eigenvalue weighted by Crippen LogP contribution is -2.65. The lowest BCUT2D eigenvalue weighted by atomic mass is 9.92. The lowest BCUT2D eigenvalue weighted by molar-refractivity contribution is -0.382. The molecule has 2 aliphatic rings. The van der Waals surface area contributed by atoms with Crippen LogP contribution in [-0.2, 0) is 40.1 Å². The number of nitrogens with one attached hydrogen (secondary N) is 2. The highest BCUT2D eigenvalue weighted by Gasteiger charge is 2.87. The Bertz CT molecular complexity index is 3210. The number of rotatable bonds is 18. The molecular formula is C35H29F18N4O9S4+. The van der Waals surface area contributed by atoms with Gasteiger partial charge in [-0.05, 0) is 56.8 Å². The fraction of sp³-hybridized carbons (Fsp3) is 0.429. The predicted molar refractivity (Wildman–Crippen MR) is 207 cm³/mol. The molecule has 70 heavy (non-hydrogen) atoms. The van der Waals surface area contributed by atoms with Crippen LogP contribution in [0.15, 0.2) is 73.8 Å². The van der Waals surface area contributed by atoms with E-state index in [0.29, 0.717) is 5.36 Å². The van der Waals surface area contributed by atoms with Crippen LogP contribution in [0.2, 0.25) is 0 Å². The molecule has 0 aromatic heterocycles. The minimum atomic E-state index is -8.28. The summed E-state index contributed by atoms with van der Waals surface area (Å²) in [7, 11) is -30.5. The largest absolute Gasteiger partial charge is 0.460 e. The molecular weight excluding hydrogens is 1090 g/mol. The average molecular weight is 1120 g/mol. The van der Waals surface area contributed by atoms with Crippen LogP contribution in [0.1, 0.15) is 38.8 Å². The van der Waals surface area contributed by atoms with Crippen molar-refractivity contribution in [2.45, 2.75) is 89.6 Å². The Hall–Kier alpha value is -4.74. The quantitative estimate of drug-likeness (QED) is 0.0428. The molecule has 0 saturated carbocycles. The van der Waals surface area contributed by atoms with Gasteiger partial charge in [-0.15, -0.1) is 0 Å². The average Bonchev–Trinajstić information content (AvgIpc) is 3.21. The minimum Gasteiger partial charge on any atom is -0.456 e. The van der Waals surface area contributed by atoms with E-state index < -0.39 is 131 Å². The fourth-order valence-corrected chi connectivity index (χ4v) is 12.5. The number of sulfonamides is 4. The predicted octanol–water partition coefficient (Wildman–Crippen LogP) is 8.24. The maximum absolute atomic E-state index is 14.9. The van der Waals surface area contributed by atoms with Crippen molar-refractivity contribution in [1.82, 2.24) is 12.8 Å². The molecule has 0 amide bonds. The van der Waals surface area contributed by atoms with Crippen LogP contribution in [0.3, 0.4) is 0 Å². The van der Waals surface area contributed by atoms with Crippen molar-refractivity contribution in [2.24, 2.45) is 4.99 Å². The van der Waals surface area contributed by atoms with Crippen molar-refractivity contribution >= 4 is 57.8 Å². The van der Waals surface area contributed by atoms with Gasteiger partial charge in [0.15, 0.2) is 0 Å². The number of halogens is 18. The highest BCUT2D eigenvalue weighted by atomic mass is 32.3. The number of benzene rings is 3. The molecule has 392 valence electrons. The summed E-state index contributed by atoms with van der Waals surface area (Å²) in [5.41, 5.74) is -2.51. The number of alkyl halides is 18. The molecule has 0 spiro atoms. The third-order valence-corrected chi connectivity index (χ3v) is 17.2. The Kier molecular flexibility index (Phi) is 14.9. The van der Waals surface area contributed by atoms with Crippen molar-refractivity contribution in [3.05, 3.63) is 65.5 Å². The zero-order chi connectivity index (χ0) is 54.2. The van der Waals surface area contributed by atoms with Crippen molar-refractivity contribution in [2.75, 3.05) is 13.1 Å². The highest BCUT2D eigenvalue weighted by Crippen LogP contribution is 2.56. The normalized spacial score (nSPS) is 15.1. The zero-order valence-electron chi connectivity index (χ0n) is 34.6. The van der Waals surface area contributed by atoms with Gasteiger partial charge >= 0.3 is 46.6 Å². The van der Waals surface area contributed by atoms with Crippen LogP contribution in [0.5, 0.6) is 0 Å². The summed E-state index contributed by atoms with van der Waals surface area (Å²) < 4.78 is 359. The topological polar surface area (TPSA) is 189 Å². The van der Waals surface area contributed by atoms with Gasteiger partial charge in [0.1, 0.15) is 24.4 Å². The van der Waals surface area contributed by atoms with Gasteiger partial charge in [-0.25, -0.2) is 38.2 Å². The lowest BCUT2D eigenvalue weighted by Gasteiger charge is -2.33. The molecule has 13 nitrogen and oxygen atoms in total. The molecule has 35 heteroatoms. The monoisotopic (exact) mass is 1120 g/mol. The van der Waals surface area contributed by atoms with Gasteiger partial charge in [-0.1, -0.05) is 33.4 Å². The summed E-state index contributed by atoms with van der Waals surface area (Å²) in [5.74, 6) is -32.6. The van der Waals surface area contributed by atoms with Crippen molar-refractivity contribution in [3.63, 3.8) is 0 Å². The summed E-state index contributed by atoms with van der Waals surface area (Å²) in [6, 6.07) is 5.61. The highest BCUT2D eigenvalue weighted by molar-refractivity contribution is 8.06. The molecule has 0 fully saturated rings. The Labute approximate surface area is 382 Å². The molecule has 1 unspecified atom stereocenters. The third kappa shape index (κ3) is 9.31. The number of aliphatic imine (C=N–C) groups is 1. The summed E-state index contributed by atoms with van der Waals surface area (Å²) in [6.07, 6.45) is -15.2. The van der Waals surface area contributed by atoms with Gasteiger partial charge in [0.2, 0.25) is 5.36 Å². The van der Waals surface area contributed by atoms with E-state index >= 15 is 0 Å². The van der Waals surface area contributed by atoms with Crippen molar-refractivity contribution < 1.29 is 117 Å². The summed E-state index contributed by atoms with van der Waals surface area (Å²) in [6.45, 7) is 8.93. The number of hydrogen-bond donors (Lipinski definition) is 2. The molecule has 2 aromatic carbocycles. The first-order valence-corrected chi connectivity index (χ1v) is 24.4. The minimum absolute atomic E-state index is 0.0675. The van der Waals surface area contributed by atoms with E-state index in [9.17, 15) is 113 Å². The Balaban J connectivity index is 2.20. The molecule has 0 radical (unpaired) electrons. The second-order valence-corrected chi connectivity index (χ2v) is 21.7. The molecule has 1 heterocycles. The molecule has 1 aliphatic carbocycles. The third-order valence-electron chi connectivity index (χ3n) is 10.0. The second kappa shape index (κ2) is 18.1. The van der Waals surface area contributed by atoms with Gasteiger partial charge in [0.05, 0.1) is 21.9 Å². The van der Waals surface area contributed by atoms with E-state index in [1.807, 2.05) is 0 Å². The van der Waals surface area contributed by atoms with Crippen LogP contribution in [0.4, 0.5) is 79.0 Å². The molecule has 4 rings (SSSR count). The van der Waals surface area contributed by atoms with Crippen LogP contribution < -0.4 is 18.2 Å². The molecule has 1 aliphatic heterocycles. The Morgan fingerprint density at radius 3 is 1.47 bits per heavy atom. The zero-order valence-corrected chi connectivity index (χ0v) is 37.9. The summed E-state index contributed by atoms with van der Waals surface area (Å²) in [4.78, 5) is -0.740. The number of fused-ring (bicyclic) bond motifs is 2. The first-order valence-electron chi connectivity index (χ1n) is 18.5. The molecule has 2 N–H and O–H groups in total. The molecule has 1 atom stereocenters. The van der Waals surface area contributed by atoms with E-state index in [4.69, 9.17) is 4.42 Å². The van der Waals surface area contributed by atoms with E-state index in [-0.39, 0.29) is 56.8 Å². The second-order valence-electron chi connectivity index (χ2n) is 14.4. The van der Waals surface area contributed by atoms with Crippen LogP contribution in [0, 0.1) is 0 Å². The van der Waals surface area contributed by atoms with Crippen LogP contribution in [0.25, 0.3) is 33.4 Å². The summed E-state index contributed by atoms with van der Waals surface area (Å²) in [5, 5.41) is -15.8. The Morgan fingerprint density at radius 1 is 0.586 bits per heavy atom. The maximum atomic E-state index is 14.9. The fourth-order valence-electron chi connectivity index (χ4n) is 6.29. The Morgan fingerprint density at radius 2 is 1.04 bits per heavy atom. The van der Waals surface area contributed by atoms with Gasteiger partial charge in [0, 0.05) is 28.1 Å². The first kappa shape index (κ1) is 57.8. The first-order chi connectivity index (χ1) is 31.3. The van der Waals surface area contributed by atoms with Gasteiger partial charge in [0.25, 0.3) is 40.1 Å². The number of nitrogens with zero attached hydrogens (tertiary/aromatic N) is 2. The summed E-state index contributed by atoms with van der Waals surface area (Å²) >= 11 is 0. The van der Waals surface area contributed by atoms with Crippen LogP contribution in [-0.4, -0.2) is 100 Å². The molecule has 0 saturated heterocycles. The van der Waals surface area contributed by atoms with E-state index in [0.717, 1.165) is 12.1 Å². The van der Waals surface area contributed by atoms with Crippen LogP contribution >= 0.6 is 0 Å². The van der Waals surface area contributed by atoms with Gasteiger partial charge < -0.3 is 4.42 Å². The van der Waals surface area contributed by atoms with Crippen molar-refractivity contribution in [1.29, 1.82) is 0 Å². The van der Waals surface area contributed by atoms with Gasteiger partial charge in [-0.2, -0.15) is 79.0 Å². The van der Waals surface area contributed by atoms with Gasteiger partial charge in [-0.3, -0.25) is 4.99 Å². The molecule has 0 bridgehead atoms. The smallest absolute Gasteiger partial charge is 0.456 e. The van der Waals surface area contributed by atoms with E-state index in [1.54, 1.807) is 25.3 Å². The maximum Gasteiger partial charge on any atom is 0.460 e. The standard InChI is InChI=1S/C35H29F18N4O9S4/c1-5-23(54-4)17-8-11-20-24(14-17)66-25-15-18(57(6-2)7-3)9-12-21(25)27(20)22-13-10-19(67(58,59)55-69(62,63)34(50,51)30(40,41)28(36,37)32(44,45)46)16-26(22)68(60,61)56-70(64,65)35(52,53)31(42,43)29(38,39)33(47,48)49/h8-16,23,55-56H,4-7H2,1-3H3/q+1. The SMILES string of the molecule is C=NC(CC)c1ccc2c(-c3ccc(S(=O)(=O)NS(=O)(=O)C(F)(F)C(F)(F)C(F)(F)C(F)(F)F)cc3S(=O)(=O)NS(=O)(=O)C(F)(F)C(F)(F)C(F)(F)C(F)(F)F)c3ccc(=[N+](CC)CC)cc-3oc2c1. The molecule has 2 aromatic rings. The van der Waals surface area contributed by atoms with Crippen molar-refractivity contribution in [3.8, 4) is 22.5 Å².